The second kappa shape index (κ2) is 8.97. The van der Waals surface area contributed by atoms with Gasteiger partial charge in [0.25, 0.3) is 0 Å². The van der Waals surface area contributed by atoms with E-state index in [9.17, 15) is 0 Å². The van der Waals surface area contributed by atoms with Crippen molar-refractivity contribution in [2.24, 2.45) is 5.92 Å². The van der Waals surface area contributed by atoms with Crippen molar-refractivity contribution in [3.8, 4) is 0 Å². The summed E-state index contributed by atoms with van der Waals surface area (Å²) < 4.78 is 2.21. The van der Waals surface area contributed by atoms with Crippen LogP contribution in [0.2, 0.25) is 0 Å². The van der Waals surface area contributed by atoms with E-state index >= 15 is 0 Å². The highest BCUT2D eigenvalue weighted by molar-refractivity contribution is 5.15. The number of aliphatic hydroxyl groups excluding tert-OH is 1. The van der Waals surface area contributed by atoms with E-state index in [1.807, 2.05) is 12.3 Å². The first-order valence-corrected chi connectivity index (χ1v) is 8.93. The molecule has 1 aliphatic heterocycles. The molecule has 0 atom stereocenters. The monoisotopic (exact) mass is 328 g/mol. The maximum Gasteiger partial charge on any atom is 0.122 e. The highest BCUT2D eigenvalue weighted by Gasteiger charge is 2.18. The Morgan fingerprint density at radius 2 is 1.96 bits per heavy atom. The normalized spacial score (nSPS) is 16.5. The fourth-order valence-corrected chi connectivity index (χ4v) is 3.37. The number of rotatable bonds is 8. The molecule has 1 fully saturated rings. The molecule has 1 aromatic heterocycles. The zero-order valence-corrected chi connectivity index (χ0v) is 14.3. The van der Waals surface area contributed by atoms with Gasteiger partial charge in [-0.2, -0.15) is 0 Å². The van der Waals surface area contributed by atoms with Crippen LogP contribution in [-0.2, 0) is 13.1 Å². The molecule has 0 saturated carbocycles. The van der Waals surface area contributed by atoms with Crippen molar-refractivity contribution >= 4 is 0 Å². The highest BCUT2D eigenvalue weighted by Crippen LogP contribution is 2.16. The number of piperidine rings is 1. The van der Waals surface area contributed by atoms with Crippen LogP contribution in [0.25, 0.3) is 0 Å². The van der Waals surface area contributed by atoms with Gasteiger partial charge >= 0.3 is 0 Å². The number of benzene rings is 1. The molecule has 1 aliphatic rings. The lowest BCUT2D eigenvalue weighted by molar-refractivity contribution is 0.146. The van der Waals surface area contributed by atoms with Crippen LogP contribution in [0.15, 0.2) is 42.7 Å². The van der Waals surface area contributed by atoms with Crippen molar-refractivity contribution in [3.05, 3.63) is 54.1 Å². The molecule has 0 amide bonds. The quantitative estimate of drug-likeness (QED) is 0.775. The highest BCUT2D eigenvalue weighted by atomic mass is 16.3. The molecule has 5 heteroatoms. The lowest BCUT2D eigenvalue weighted by Gasteiger charge is -2.31. The van der Waals surface area contributed by atoms with Crippen LogP contribution in [0.5, 0.6) is 0 Å². The van der Waals surface area contributed by atoms with E-state index < -0.39 is 0 Å². The summed E-state index contributed by atoms with van der Waals surface area (Å²) in [5.74, 6) is 1.83. The molecule has 0 unspecified atom stereocenters. The van der Waals surface area contributed by atoms with Crippen molar-refractivity contribution < 1.29 is 5.11 Å². The lowest BCUT2D eigenvalue weighted by Crippen LogP contribution is -2.38. The predicted octanol–water partition coefficient (Wildman–Crippen LogP) is 1.73. The van der Waals surface area contributed by atoms with Gasteiger partial charge < -0.3 is 19.9 Å². The molecule has 3 rings (SSSR count). The van der Waals surface area contributed by atoms with Crippen LogP contribution in [0.3, 0.4) is 0 Å². The summed E-state index contributed by atoms with van der Waals surface area (Å²) in [6, 6.07) is 10.5. The molecule has 0 radical (unpaired) electrons. The minimum Gasteiger partial charge on any atom is -0.395 e. The summed E-state index contributed by atoms with van der Waals surface area (Å²) in [4.78, 5) is 6.85. The average Bonchev–Trinajstić information content (AvgIpc) is 3.05. The molecule has 2 aromatic rings. The van der Waals surface area contributed by atoms with Crippen molar-refractivity contribution in [2.45, 2.75) is 25.9 Å². The van der Waals surface area contributed by atoms with Gasteiger partial charge in [0.05, 0.1) is 13.2 Å². The topological polar surface area (TPSA) is 53.3 Å². The number of hydrogen-bond donors (Lipinski definition) is 2. The minimum atomic E-state index is 0.271. The predicted molar refractivity (Wildman–Crippen MR) is 95.7 cm³/mol. The number of aromatic nitrogens is 2. The number of nitrogens with zero attached hydrogens (tertiary/aromatic N) is 3. The van der Waals surface area contributed by atoms with Gasteiger partial charge in [-0.15, -0.1) is 0 Å². The molecule has 0 aliphatic carbocycles. The molecule has 0 spiro atoms. The molecular weight excluding hydrogens is 300 g/mol. The van der Waals surface area contributed by atoms with Crippen molar-refractivity contribution in [1.29, 1.82) is 0 Å². The van der Waals surface area contributed by atoms with Gasteiger partial charge in [-0.1, -0.05) is 30.3 Å². The Hall–Kier alpha value is -1.69. The van der Waals surface area contributed by atoms with Gasteiger partial charge in [-0.05, 0) is 44.0 Å². The molecule has 24 heavy (non-hydrogen) atoms. The van der Waals surface area contributed by atoms with E-state index in [0.29, 0.717) is 0 Å². The van der Waals surface area contributed by atoms with Gasteiger partial charge in [0.1, 0.15) is 5.82 Å². The van der Waals surface area contributed by atoms with E-state index in [4.69, 9.17) is 5.11 Å². The third-order valence-electron chi connectivity index (χ3n) is 4.84. The second-order valence-electron chi connectivity index (χ2n) is 6.60. The van der Waals surface area contributed by atoms with Crippen LogP contribution in [-0.4, -0.2) is 52.3 Å². The maximum atomic E-state index is 9.00. The zero-order valence-electron chi connectivity index (χ0n) is 14.3. The molecule has 1 aromatic carbocycles. The van der Waals surface area contributed by atoms with Gasteiger partial charge in [-0.3, -0.25) is 0 Å². The number of likely N-dealkylation sites (tertiary alicyclic amines) is 1. The Kier molecular flexibility index (Phi) is 6.41. The van der Waals surface area contributed by atoms with Crippen LogP contribution in [0.4, 0.5) is 0 Å². The molecule has 2 N–H and O–H groups in total. The van der Waals surface area contributed by atoms with Crippen LogP contribution in [0, 0.1) is 5.92 Å². The van der Waals surface area contributed by atoms with Gasteiger partial charge in [0, 0.05) is 25.5 Å². The Morgan fingerprint density at radius 3 is 2.71 bits per heavy atom. The van der Waals surface area contributed by atoms with Gasteiger partial charge in [-0.25, -0.2) is 4.98 Å². The van der Waals surface area contributed by atoms with Crippen molar-refractivity contribution in [3.63, 3.8) is 0 Å². The van der Waals surface area contributed by atoms with Crippen molar-refractivity contribution in [2.75, 3.05) is 32.8 Å². The van der Waals surface area contributed by atoms with Gasteiger partial charge in [0.15, 0.2) is 0 Å². The standard InChI is InChI=1S/C19H28N4O/c24-13-12-22-9-6-17(7-10-22)14-20-15-19-21-8-11-23(19)16-18-4-2-1-3-5-18/h1-5,8,11,17,20,24H,6-7,9-10,12-16H2. The summed E-state index contributed by atoms with van der Waals surface area (Å²) in [5, 5.41) is 12.6. The SMILES string of the molecule is OCCN1CCC(CNCc2nccn2Cc2ccccc2)CC1. The van der Waals surface area contributed by atoms with Crippen LogP contribution >= 0.6 is 0 Å². The molecule has 0 bridgehead atoms. The minimum absolute atomic E-state index is 0.271. The van der Waals surface area contributed by atoms with Crippen LogP contribution in [0.1, 0.15) is 24.2 Å². The van der Waals surface area contributed by atoms with E-state index in [2.05, 4.69) is 50.2 Å². The van der Waals surface area contributed by atoms with Crippen molar-refractivity contribution in [1.82, 2.24) is 19.8 Å². The first kappa shape index (κ1) is 17.1. The molecule has 130 valence electrons. The number of hydrogen-bond acceptors (Lipinski definition) is 4. The first-order chi connectivity index (χ1) is 11.8. The van der Waals surface area contributed by atoms with E-state index in [-0.39, 0.29) is 6.61 Å². The molecule has 5 nitrogen and oxygen atoms in total. The Morgan fingerprint density at radius 1 is 1.17 bits per heavy atom. The summed E-state index contributed by atoms with van der Waals surface area (Å²) in [5.41, 5.74) is 1.30. The Balaban J connectivity index is 1.42. The first-order valence-electron chi connectivity index (χ1n) is 8.93. The average molecular weight is 328 g/mol. The van der Waals surface area contributed by atoms with E-state index in [1.54, 1.807) is 0 Å². The number of nitrogens with one attached hydrogen (secondary N) is 1. The van der Waals surface area contributed by atoms with Gasteiger partial charge in [0.2, 0.25) is 0 Å². The lowest BCUT2D eigenvalue weighted by atomic mass is 9.97. The summed E-state index contributed by atoms with van der Waals surface area (Å²) >= 11 is 0. The Bertz CT molecular complexity index is 590. The summed E-state index contributed by atoms with van der Waals surface area (Å²) in [7, 11) is 0. The van der Waals surface area contributed by atoms with Crippen LogP contribution < -0.4 is 5.32 Å². The fourth-order valence-electron chi connectivity index (χ4n) is 3.37. The number of imidazole rings is 1. The third-order valence-corrected chi connectivity index (χ3v) is 4.84. The second-order valence-corrected chi connectivity index (χ2v) is 6.60. The molecule has 1 saturated heterocycles. The smallest absolute Gasteiger partial charge is 0.122 e. The van der Waals surface area contributed by atoms with E-state index in [0.717, 1.165) is 51.0 Å². The molecular formula is C19H28N4O. The fraction of sp³-hybridized carbons (Fsp3) is 0.526. The molecule has 2 heterocycles. The van der Waals surface area contributed by atoms with E-state index in [1.165, 1.54) is 18.4 Å². The zero-order chi connectivity index (χ0) is 16.6. The number of β-amino-alcohol motifs (C(OH)–C–C–N with tert-alkyl or cyclic N) is 1. The summed E-state index contributed by atoms with van der Waals surface area (Å²) in [6.07, 6.45) is 6.36. The number of aliphatic hydroxyl groups is 1. The summed E-state index contributed by atoms with van der Waals surface area (Å²) in [6.45, 7) is 6.04. The third kappa shape index (κ3) is 4.90. The Labute approximate surface area is 144 Å². The maximum absolute atomic E-state index is 9.00. The largest absolute Gasteiger partial charge is 0.395 e.